The molecule has 0 N–H and O–H groups in total. The predicted molar refractivity (Wildman–Crippen MR) is 97.8 cm³/mol. The van der Waals surface area contributed by atoms with E-state index in [4.69, 9.17) is 0 Å². The molecular weight excluding hydrogens is 273 g/mol. The molecule has 0 fully saturated rings. The first-order chi connectivity index (χ1) is 10.2. The van der Waals surface area contributed by atoms with E-state index in [1.807, 2.05) is 0 Å². The summed E-state index contributed by atoms with van der Waals surface area (Å²) in [6.45, 7) is 15.1. The van der Waals surface area contributed by atoms with E-state index in [1.165, 1.54) is 108 Å². The zero-order valence-electron chi connectivity index (χ0n) is 16.1. The highest BCUT2D eigenvalue weighted by Crippen LogP contribution is 2.18. The van der Waals surface area contributed by atoms with Gasteiger partial charge in [0.05, 0.1) is 26.2 Å². The van der Waals surface area contributed by atoms with Crippen LogP contribution >= 0.6 is 0 Å². The smallest absolute Gasteiger partial charge is 0.0786 e. The number of quaternary nitrogens is 1. The third-order valence-electron chi connectivity index (χ3n) is 4.94. The molecule has 0 heterocycles. The fourth-order valence-electron chi connectivity index (χ4n) is 3.46. The Balaban J connectivity index is 0. The average Bonchev–Trinajstić information content (AvgIpc) is 2.48. The van der Waals surface area contributed by atoms with Crippen LogP contribution in [0.1, 0.15) is 105 Å². The lowest BCUT2D eigenvalue weighted by Crippen LogP contribution is -3.00. The van der Waals surface area contributed by atoms with Crippen LogP contribution in [0.2, 0.25) is 0 Å². The van der Waals surface area contributed by atoms with Crippen LogP contribution in [0.4, 0.5) is 0 Å². The fraction of sp³-hybridized carbons (Fsp3) is 1.00. The molecule has 0 spiro atoms. The zero-order valence-corrected chi connectivity index (χ0v) is 16.1. The van der Waals surface area contributed by atoms with Gasteiger partial charge in [-0.05, 0) is 51.4 Å². The molecule has 0 bridgehead atoms. The van der Waals surface area contributed by atoms with Gasteiger partial charge in [0.1, 0.15) is 0 Å². The maximum atomic E-state index is 2.33. The van der Waals surface area contributed by atoms with Gasteiger partial charge in [-0.2, -0.15) is 0 Å². The van der Waals surface area contributed by atoms with Crippen molar-refractivity contribution in [1.29, 1.82) is 0 Å². The van der Waals surface area contributed by atoms with E-state index in [1.54, 1.807) is 0 Å². The first-order valence-corrected chi connectivity index (χ1v) is 10.1. The summed E-state index contributed by atoms with van der Waals surface area (Å²) in [4.78, 5) is 0. The van der Waals surface area contributed by atoms with Gasteiger partial charge in [-0.3, -0.25) is 0 Å². The third kappa shape index (κ3) is 12.4. The minimum atomic E-state index is 0. The van der Waals surface area contributed by atoms with E-state index in [9.17, 15) is 0 Å². The summed E-state index contributed by atoms with van der Waals surface area (Å²) < 4.78 is 1.44. The summed E-state index contributed by atoms with van der Waals surface area (Å²) in [6, 6.07) is 0. The number of unbranched alkanes of at least 4 members (excludes halogenated alkanes) is 8. The van der Waals surface area contributed by atoms with Crippen LogP contribution in [-0.2, 0) is 0 Å². The van der Waals surface area contributed by atoms with Crippen LogP contribution < -0.4 is 4.70 Å². The molecule has 0 aliphatic carbocycles. The Kier molecular flexibility index (Phi) is 18.9. The Morgan fingerprint density at radius 1 is 0.409 bits per heavy atom. The molecule has 136 valence electrons. The Bertz CT molecular complexity index is 160. The van der Waals surface area contributed by atoms with Crippen molar-refractivity contribution in [2.45, 2.75) is 105 Å². The second-order valence-corrected chi connectivity index (χ2v) is 7.06. The number of hydrogen-bond acceptors (Lipinski definition) is 0. The number of halogens is 1. The van der Waals surface area contributed by atoms with Crippen molar-refractivity contribution in [2.24, 2.45) is 0 Å². The van der Waals surface area contributed by atoms with E-state index < -0.39 is 0 Å². The summed E-state index contributed by atoms with van der Waals surface area (Å²) in [5.74, 6) is 0. The standard InChI is InChI=1S/C20H44N.FH/c1-5-9-13-17-21(18-14-10-6-2,19-15-11-7-3)20-16-12-8-4;/h5-20H2,1-4H3;1H/q+1;/p-1. The summed E-state index contributed by atoms with van der Waals surface area (Å²) in [5.41, 5.74) is 0. The van der Waals surface area contributed by atoms with Gasteiger partial charge >= 0.3 is 0 Å². The van der Waals surface area contributed by atoms with Gasteiger partial charge in [0.25, 0.3) is 0 Å². The molecule has 0 aliphatic rings. The average molecular weight is 318 g/mol. The molecule has 0 aromatic heterocycles. The minimum absolute atomic E-state index is 0. The monoisotopic (exact) mass is 317 g/mol. The lowest BCUT2D eigenvalue weighted by Gasteiger charge is -2.39. The summed E-state index contributed by atoms with van der Waals surface area (Å²) in [5, 5.41) is 0. The molecule has 0 saturated heterocycles. The highest BCUT2D eigenvalue weighted by molar-refractivity contribution is 4.51. The Morgan fingerprint density at radius 3 is 0.818 bits per heavy atom. The largest absolute Gasteiger partial charge is 1.00 e. The lowest BCUT2D eigenvalue weighted by atomic mass is 10.1. The molecule has 0 atom stereocenters. The van der Waals surface area contributed by atoms with Crippen LogP contribution in [0, 0.1) is 0 Å². The van der Waals surface area contributed by atoms with E-state index in [0.717, 1.165) is 0 Å². The van der Waals surface area contributed by atoms with Gasteiger partial charge in [0.2, 0.25) is 0 Å². The zero-order chi connectivity index (χ0) is 15.8. The number of hydrogen-bond donors (Lipinski definition) is 0. The van der Waals surface area contributed by atoms with Crippen molar-refractivity contribution in [3.63, 3.8) is 0 Å². The number of nitrogens with zero attached hydrogens (tertiary/aromatic N) is 1. The van der Waals surface area contributed by atoms with Crippen LogP contribution in [0.25, 0.3) is 0 Å². The second-order valence-electron chi connectivity index (χ2n) is 7.06. The van der Waals surface area contributed by atoms with Gasteiger partial charge < -0.3 is 9.19 Å². The molecule has 0 aromatic carbocycles. The van der Waals surface area contributed by atoms with Gasteiger partial charge in [0.15, 0.2) is 0 Å². The first kappa shape index (κ1) is 24.1. The van der Waals surface area contributed by atoms with Crippen molar-refractivity contribution in [2.75, 3.05) is 26.2 Å². The molecule has 0 saturated carbocycles. The van der Waals surface area contributed by atoms with Crippen molar-refractivity contribution < 1.29 is 9.19 Å². The third-order valence-corrected chi connectivity index (χ3v) is 4.94. The first-order valence-electron chi connectivity index (χ1n) is 10.1. The molecule has 1 nitrogen and oxygen atoms in total. The summed E-state index contributed by atoms with van der Waals surface area (Å²) >= 11 is 0. The predicted octanol–water partition coefficient (Wildman–Crippen LogP) is 3.57. The van der Waals surface area contributed by atoms with E-state index in [-0.39, 0.29) is 4.70 Å². The molecule has 0 radical (unpaired) electrons. The molecule has 22 heavy (non-hydrogen) atoms. The lowest BCUT2D eigenvalue weighted by molar-refractivity contribution is -0.929. The highest BCUT2D eigenvalue weighted by Gasteiger charge is 2.25. The van der Waals surface area contributed by atoms with E-state index in [2.05, 4.69) is 27.7 Å². The quantitative estimate of drug-likeness (QED) is 0.302. The molecule has 0 rings (SSSR count). The van der Waals surface area contributed by atoms with Gasteiger partial charge in [-0.25, -0.2) is 0 Å². The maximum Gasteiger partial charge on any atom is 0.0786 e. The molecule has 2 heteroatoms. The SMILES string of the molecule is CCCCC[N+](CCCCC)(CCCCC)CCCCC.[F-]. The topological polar surface area (TPSA) is 0 Å². The van der Waals surface area contributed by atoms with Gasteiger partial charge in [-0.15, -0.1) is 0 Å². The molecule has 0 aromatic rings. The van der Waals surface area contributed by atoms with Gasteiger partial charge in [0, 0.05) is 0 Å². The molecular formula is C20H44FN. The van der Waals surface area contributed by atoms with Crippen LogP contribution in [0.15, 0.2) is 0 Å². The van der Waals surface area contributed by atoms with Gasteiger partial charge in [-0.1, -0.05) is 53.4 Å². The molecule has 0 aliphatic heterocycles. The minimum Gasteiger partial charge on any atom is -1.00 e. The Morgan fingerprint density at radius 2 is 0.636 bits per heavy atom. The summed E-state index contributed by atoms with van der Waals surface area (Å²) in [7, 11) is 0. The maximum absolute atomic E-state index is 2.33. The summed E-state index contributed by atoms with van der Waals surface area (Å²) in [6.07, 6.45) is 16.9. The van der Waals surface area contributed by atoms with Crippen LogP contribution in [0.3, 0.4) is 0 Å². The van der Waals surface area contributed by atoms with Crippen molar-refractivity contribution >= 4 is 0 Å². The fourth-order valence-corrected chi connectivity index (χ4v) is 3.46. The van der Waals surface area contributed by atoms with Crippen LogP contribution in [-0.4, -0.2) is 30.7 Å². The highest BCUT2D eigenvalue weighted by atomic mass is 19.0. The van der Waals surface area contributed by atoms with Crippen LogP contribution in [0.5, 0.6) is 0 Å². The Hall–Kier alpha value is -0.110. The van der Waals surface area contributed by atoms with E-state index >= 15 is 0 Å². The molecule has 0 unspecified atom stereocenters. The van der Waals surface area contributed by atoms with E-state index in [0.29, 0.717) is 0 Å². The normalized spacial score (nSPS) is 11.5. The molecule has 0 amide bonds. The van der Waals surface area contributed by atoms with Crippen molar-refractivity contribution in [3.8, 4) is 0 Å². The Labute approximate surface area is 140 Å². The number of rotatable bonds is 16. The van der Waals surface area contributed by atoms with Crippen molar-refractivity contribution in [3.05, 3.63) is 0 Å². The second kappa shape index (κ2) is 17.2. The van der Waals surface area contributed by atoms with Crippen molar-refractivity contribution in [1.82, 2.24) is 0 Å².